The van der Waals surface area contributed by atoms with Crippen LogP contribution in [-0.4, -0.2) is 39.1 Å². The Morgan fingerprint density at radius 1 is 1.29 bits per heavy atom. The van der Waals surface area contributed by atoms with Crippen LogP contribution >= 0.6 is 12.4 Å². The molecular formula is C11H23ClN2O3. The van der Waals surface area contributed by atoms with E-state index in [0.29, 0.717) is 13.0 Å². The van der Waals surface area contributed by atoms with Crippen molar-refractivity contribution in [2.75, 3.05) is 27.2 Å². The predicted octanol–water partition coefficient (Wildman–Crippen LogP) is 0.723. The lowest BCUT2D eigenvalue weighted by Crippen LogP contribution is -2.39. The van der Waals surface area contributed by atoms with Crippen molar-refractivity contribution in [3.05, 3.63) is 0 Å². The summed E-state index contributed by atoms with van der Waals surface area (Å²) in [4.78, 5) is 22.7. The number of amides is 1. The lowest BCUT2D eigenvalue weighted by Gasteiger charge is -2.21. The number of nitrogens with one attached hydrogen (secondary N) is 2. The third kappa shape index (κ3) is 7.99. The van der Waals surface area contributed by atoms with E-state index in [4.69, 9.17) is 0 Å². The number of carbonyl (C=O) groups is 2. The molecule has 0 spiro atoms. The van der Waals surface area contributed by atoms with Crippen LogP contribution in [0.25, 0.3) is 0 Å². The van der Waals surface area contributed by atoms with Crippen molar-refractivity contribution in [1.82, 2.24) is 10.6 Å². The topological polar surface area (TPSA) is 67.4 Å². The Morgan fingerprint density at radius 3 is 2.35 bits per heavy atom. The van der Waals surface area contributed by atoms with Gasteiger partial charge in [0.05, 0.1) is 12.5 Å². The van der Waals surface area contributed by atoms with Gasteiger partial charge in [0.15, 0.2) is 0 Å². The van der Waals surface area contributed by atoms with Gasteiger partial charge in [-0.2, -0.15) is 0 Å². The van der Waals surface area contributed by atoms with E-state index in [1.165, 1.54) is 7.11 Å². The molecule has 102 valence electrons. The molecule has 17 heavy (non-hydrogen) atoms. The number of methoxy groups -OCH3 is 1. The average molecular weight is 267 g/mol. The minimum atomic E-state index is -0.673. The van der Waals surface area contributed by atoms with Crippen LogP contribution in [0, 0.1) is 5.41 Å². The summed E-state index contributed by atoms with van der Waals surface area (Å²) in [5, 5.41) is 5.70. The molecular weight excluding hydrogens is 244 g/mol. The Hall–Kier alpha value is -0.810. The lowest BCUT2D eigenvalue weighted by atomic mass is 9.94. The van der Waals surface area contributed by atoms with Crippen molar-refractivity contribution < 1.29 is 14.3 Å². The molecule has 6 heteroatoms. The van der Waals surface area contributed by atoms with Crippen molar-refractivity contribution in [2.24, 2.45) is 5.41 Å². The van der Waals surface area contributed by atoms with E-state index in [-0.39, 0.29) is 24.3 Å². The molecule has 0 aromatic rings. The second kappa shape index (κ2) is 9.24. The highest BCUT2D eigenvalue weighted by molar-refractivity contribution is 5.85. The summed E-state index contributed by atoms with van der Waals surface area (Å²) in [6.45, 7) is 4.60. The third-order valence-electron chi connectivity index (χ3n) is 2.30. The first-order chi connectivity index (χ1) is 7.44. The first-order valence-corrected chi connectivity index (χ1v) is 5.43. The van der Waals surface area contributed by atoms with Crippen LogP contribution in [0.4, 0.5) is 0 Å². The summed E-state index contributed by atoms with van der Waals surface area (Å²) in [5.41, 5.74) is -0.673. The van der Waals surface area contributed by atoms with Gasteiger partial charge in [-0.1, -0.05) is 0 Å². The molecule has 0 atom stereocenters. The SMILES string of the molecule is CNCCCC(=O)NCC(C)(C)C(=O)OC.Cl. The van der Waals surface area contributed by atoms with Crippen LogP contribution in [-0.2, 0) is 14.3 Å². The monoisotopic (exact) mass is 266 g/mol. The molecule has 0 saturated carbocycles. The van der Waals surface area contributed by atoms with E-state index < -0.39 is 5.41 Å². The molecule has 0 aliphatic rings. The number of esters is 1. The molecule has 5 nitrogen and oxygen atoms in total. The van der Waals surface area contributed by atoms with E-state index >= 15 is 0 Å². The third-order valence-corrected chi connectivity index (χ3v) is 2.30. The van der Waals surface area contributed by atoms with E-state index in [1.807, 2.05) is 7.05 Å². The van der Waals surface area contributed by atoms with E-state index in [9.17, 15) is 9.59 Å². The highest BCUT2D eigenvalue weighted by Gasteiger charge is 2.28. The van der Waals surface area contributed by atoms with Gasteiger partial charge in [-0.05, 0) is 33.9 Å². The van der Waals surface area contributed by atoms with Crippen molar-refractivity contribution in [1.29, 1.82) is 0 Å². The molecule has 1 amide bonds. The average Bonchev–Trinajstić information content (AvgIpc) is 2.25. The largest absolute Gasteiger partial charge is 0.469 e. The number of hydrogen-bond acceptors (Lipinski definition) is 4. The quantitative estimate of drug-likeness (QED) is 0.526. The Labute approximate surface area is 109 Å². The zero-order valence-corrected chi connectivity index (χ0v) is 11.8. The molecule has 0 fully saturated rings. The second-order valence-electron chi connectivity index (χ2n) is 4.36. The van der Waals surface area contributed by atoms with Gasteiger partial charge < -0.3 is 15.4 Å². The number of rotatable bonds is 7. The zero-order valence-electron chi connectivity index (χ0n) is 11.0. The molecule has 2 N–H and O–H groups in total. The van der Waals surface area contributed by atoms with Crippen molar-refractivity contribution in [3.63, 3.8) is 0 Å². The number of ether oxygens (including phenoxy) is 1. The highest BCUT2D eigenvalue weighted by Crippen LogP contribution is 2.15. The fraction of sp³-hybridized carbons (Fsp3) is 0.818. The van der Waals surface area contributed by atoms with Crippen LogP contribution in [0.5, 0.6) is 0 Å². The van der Waals surface area contributed by atoms with Gasteiger partial charge in [-0.25, -0.2) is 0 Å². The molecule has 0 radical (unpaired) electrons. The summed E-state index contributed by atoms with van der Waals surface area (Å²) >= 11 is 0. The van der Waals surface area contributed by atoms with Crippen LogP contribution < -0.4 is 10.6 Å². The van der Waals surface area contributed by atoms with Crippen molar-refractivity contribution >= 4 is 24.3 Å². The van der Waals surface area contributed by atoms with Gasteiger partial charge >= 0.3 is 5.97 Å². The molecule has 0 heterocycles. The van der Waals surface area contributed by atoms with E-state index in [0.717, 1.165) is 13.0 Å². The number of carbonyl (C=O) groups excluding carboxylic acids is 2. The Morgan fingerprint density at radius 2 is 1.88 bits per heavy atom. The second-order valence-corrected chi connectivity index (χ2v) is 4.36. The Bertz CT molecular complexity index is 245. The van der Waals surface area contributed by atoms with Crippen LogP contribution in [0.1, 0.15) is 26.7 Å². The normalized spacial score (nSPS) is 10.4. The maximum absolute atomic E-state index is 11.4. The Kier molecular flexibility index (Phi) is 10.1. The number of halogens is 1. The first kappa shape index (κ1) is 18.6. The standard InChI is InChI=1S/C11H22N2O3.ClH/c1-11(2,10(15)16-4)8-13-9(14)6-5-7-12-3;/h12H,5-8H2,1-4H3,(H,13,14);1H. The molecule has 0 aromatic heterocycles. The van der Waals surface area contributed by atoms with Gasteiger partial charge in [-0.15, -0.1) is 12.4 Å². The van der Waals surface area contributed by atoms with Crippen molar-refractivity contribution in [2.45, 2.75) is 26.7 Å². The molecule has 0 aliphatic heterocycles. The molecule has 0 aliphatic carbocycles. The molecule has 0 unspecified atom stereocenters. The predicted molar refractivity (Wildman–Crippen MR) is 69.2 cm³/mol. The summed E-state index contributed by atoms with van der Waals surface area (Å²) in [6, 6.07) is 0. The molecule has 0 rings (SSSR count). The Balaban J connectivity index is 0. The smallest absolute Gasteiger partial charge is 0.313 e. The first-order valence-electron chi connectivity index (χ1n) is 5.43. The summed E-state index contributed by atoms with van der Waals surface area (Å²) in [5.74, 6) is -0.352. The van der Waals surface area contributed by atoms with Crippen LogP contribution in [0.2, 0.25) is 0 Å². The highest BCUT2D eigenvalue weighted by atomic mass is 35.5. The van der Waals surface area contributed by atoms with Crippen LogP contribution in [0.3, 0.4) is 0 Å². The van der Waals surface area contributed by atoms with E-state index in [2.05, 4.69) is 15.4 Å². The van der Waals surface area contributed by atoms with Gasteiger partial charge in [0.25, 0.3) is 0 Å². The summed E-state index contributed by atoms with van der Waals surface area (Å²) in [7, 11) is 3.19. The van der Waals surface area contributed by atoms with Crippen molar-refractivity contribution in [3.8, 4) is 0 Å². The molecule has 0 bridgehead atoms. The minimum absolute atomic E-state index is 0. The lowest BCUT2D eigenvalue weighted by molar-refractivity contribution is -0.150. The fourth-order valence-corrected chi connectivity index (χ4v) is 1.18. The minimum Gasteiger partial charge on any atom is -0.469 e. The van der Waals surface area contributed by atoms with Gasteiger partial charge in [-0.3, -0.25) is 9.59 Å². The van der Waals surface area contributed by atoms with Gasteiger partial charge in [0.2, 0.25) is 5.91 Å². The maximum Gasteiger partial charge on any atom is 0.313 e. The number of hydrogen-bond donors (Lipinski definition) is 2. The molecule has 0 aromatic carbocycles. The molecule has 0 saturated heterocycles. The fourth-order valence-electron chi connectivity index (χ4n) is 1.18. The summed E-state index contributed by atoms with van der Waals surface area (Å²) in [6.07, 6.45) is 1.26. The van der Waals surface area contributed by atoms with Crippen LogP contribution in [0.15, 0.2) is 0 Å². The zero-order chi connectivity index (χ0) is 12.6. The maximum atomic E-state index is 11.4. The van der Waals surface area contributed by atoms with Gasteiger partial charge in [0, 0.05) is 13.0 Å². The summed E-state index contributed by atoms with van der Waals surface area (Å²) < 4.78 is 4.65. The van der Waals surface area contributed by atoms with E-state index in [1.54, 1.807) is 13.8 Å². The van der Waals surface area contributed by atoms with Gasteiger partial charge in [0.1, 0.15) is 0 Å².